The number of nitrogens with one attached hydrogen (secondary N) is 2. The minimum absolute atomic E-state index is 0.0705. The van der Waals surface area contributed by atoms with Crippen LogP contribution in [0.4, 0.5) is 10.8 Å². The molecule has 0 saturated heterocycles. The van der Waals surface area contributed by atoms with Crippen molar-refractivity contribution in [2.45, 2.75) is 18.7 Å². The van der Waals surface area contributed by atoms with E-state index in [0.717, 1.165) is 16.5 Å². The molecule has 0 aliphatic heterocycles. The van der Waals surface area contributed by atoms with Gasteiger partial charge in [0, 0.05) is 28.2 Å². The first kappa shape index (κ1) is 19.2. The highest BCUT2D eigenvalue weighted by Gasteiger charge is 2.19. The predicted molar refractivity (Wildman–Crippen MR) is 113 cm³/mol. The van der Waals surface area contributed by atoms with Crippen LogP contribution in [0.1, 0.15) is 21.7 Å². The summed E-state index contributed by atoms with van der Waals surface area (Å²) in [5.41, 5.74) is 2.91. The van der Waals surface area contributed by atoms with Gasteiger partial charge in [-0.3, -0.25) is 9.52 Å². The van der Waals surface area contributed by atoms with Gasteiger partial charge >= 0.3 is 0 Å². The van der Waals surface area contributed by atoms with E-state index in [-0.39, 0.29) is 15.8 Å². The summed E-state index contributed by atoms with van der Waals surface area (Å²) in [6, 6.07) is 11.7. The van der Waals surface area contributed by atoms with Crippen molar-refractivity contribution >= 4 is 49.1 Å². The Morgan fingerprint density at radius 2 is 1.86 bits per heavy atom. The van der Waals surface area contributed by atoms with Crippen LogP contribution in [0.2, 0.25) is 0 Å². The molecule has 4 rings (SSSR count). The second kappa shape index (κ2) is 7.34. The first-order chi connectivity index (χ1) is 13.8. The summed E-state index contributed by atoms with van der Waals surface area (Å²) < 4.78 is 32.9. The van der Waals surface area contributed by atoms with Crippen molar-refractivity contribution in [3.63, 3.8) is 0 Å². The van der Waals surface area contributed by atoms with Crippen LogP contribution in [0.15, 0.2) is 63.4 Å². The molecular formula is C20H17N3O4S2. The molecule has 2 N–H and O–H groups in total. The number of rotatable bonds is 5. The van der Waals surface area contributed by atoms with Gasteiger partial charge in [0.25, 0.3) is 15.9 Å². The van der Waals surface area contributed by atoms with E-state index in [2.05, 4.69) is 15.0 Å². The summed E-state index contributed by atoms with van der Waals surface area (Å²) in [6.45, 7) is 3.78. The summed E-state index contributed by atoms with van der Waals surface area (Å²) in [5, 5.41) is 5.59. The zero-order chi connectivity index (χ0) is 20.6. The SMILES string of the molecule is Cc1ccc2c(C)c(C(=O)Nc3ccc(S(=O)(=O)Nc4nccs4)cc3)oc2c1. The third-order valence-corrected chi connectivity index (χ3v) is 6.55. The van der Waals surface area contributed by atoms with Crippen LogP contribution in [0, 0.1) is 13.8 Å². The topological polar surface area (TPSA) is 101 Å². The smallest absolute Gasteiger partial charge is 0.291 e. The van der Waals surface area contributed by atoms with Crippen LogP contribution >= 0.6 is 11.3 Å². The molecule has 0 fully saturated rings. The highest BCUT2D eigenvalue weighted by molar-refractivity contribution is 7.93. The molecule has 1 amide bonds. The Morgan fingerprint density at radius 3 is 2.55 bits per heavy atom. The van der Waals surface area contributed by atoms with Crippen molar-refractivity contribution in [3.05, 3.63) is 70.9 Å². The number of fused-ring (bicyclic) bond motifs is 1. The molecule has 0 aliphatic rings. The second-order valence-electron chi connectivity index (χ2n) is 6.48. The summed E-state index contributed by atoms with van der Waals surface area (Å²) in [6.07, 6.45) is 1.52. The van der Waals surface area contributed by atoms with Crippen LogP contribution in [-0.2, 0) is 10.0 Å². The lowest BCUT2D eigenvalue weighted by Crippen LogP contribution is -2.14. The third-order valence-electron chi connectivity index (χ3n) is 4.38. The lowest BCUT2D eigenvalue weighted by molar-refractivity contribution is 0.0998. The summed E-state index contributed by atoms with van der Waals surface area (Å²) in [5.74, 6) is -0.166. The van der Waals surface area contributed by atoms with Gasteiger partial charge in [0.15, 0.2) is 10.9 Å². The normalized spacial score (nSPS) is 11.5. The molecule has 2 heterocycles. The van der Waals surface area contributed by atoms with Crippen molar-refractivity contribution in [2.75, 3.05) is 10.0 Å². The lowest BCUT2D eigenvalue weighted by Gasteiger charge is -2.07. The Morgan fingerprint density at radius 1 is 1.10 bits per heavy atom. The van der Waals surface area contributed by atoms with Crippen LogP contribution in [0.3, 0.4) is 0 Å². The molecule has 29 heavy (non-hydrogen) atoms. The molecule has 0 radical (unpaired) electrons. The molecule has 2 aromatic carbocycles. The van der Waals surface area contributed by atoms with E-state index in [9.17, 15) is 13.2 Å². The maximum Gasteiger partial charge on any atom is 0.291 e. The van der Waals surface area contributed by atoms with Crippen molar-refractivity contribution in [3.8, 4) is 0 Å². The largest absolute Gasteiger partial charge is 0.451 e. The average molecular weight is 428 g/mol. The molecule has 0 atom stereocenters. The molecule has 9 heteroatoms. The maximum atomic E-state index is 12.6. The van der Waals surface area contributed by atoms with Gasteiger partial charge in [-0.25, -0.2) is 13.4 Å². The molecule has 2 aromatic heterocycles. The first-order valence-electron chi connectivity index (χ1n) is 8.67. The minimum atomic E-state index is -3.74. The quantitative estimate of drug-likeness (QED) is 0.486. The number of anilines is 2. The maximum absolute atomic E-state index is 12.6. The van der Waals surface area contributed by atoms with E-state index >= 15 is 0 Å². The average Bonchev–Trinajstić information content (AvgIpc) is 3.29. The fraction of sp³-hybridized carbons (Fsp3) is 0.100. The van der Waals surface area contributed by atoms with Gasteiger partial charge in [-0.1, -0.05) is 12.1 Å². The second-order valence-corrected chi connectivity index (χ2v) is 9.05. The summed E-state index contributed by atoms with van der Waals surface area (Å²) >= 11 is 1.19. The number of nitrogens with zero attached hydrogens (tertiary/aromatic N) is 1. The van der Waals surface area contributed by atoms with Gasteiger partial charge < -0.3 is 9.73 Å². The number of carbonyl (C=O) groups excluding carboxylic acids is 1. The molecule has 0 spiro atoms. The number of hydrogen-bond donors (Lipinski definition) is 2. The number of hydrogen-bond acceptors (Lipinski definition) is 6. The van der Waals surface area contributed by atoms with E-state index in [1.54, 1.807) is 5.38 Å². The van der Waals surface area contributed by atoms with Gasteiger partial charge in [0.2, 0.25) is 0 Å². The van der Waals surface area contributed by atoms with Gasteiger partial charge in [0.1, 0.15) is 5.58 Å². The molecule has 0 bridgehead atoms. The van der Waals surface area contributed by atoms with Crippen molar-refractivity contribution in [2.24, 2.45) is 0 Å². The zero-order valence-corrected chi connectivity index (χ0v) is 17.2. The Balaban J connectivity index is 1.53. The molecule has 0 aliphatic carbocycles. The highest BCUT2D eigenvalue weighted by Crippen LogP contribution is 2.27. The number of aromatic nitrogens is 1. The molecule has 0 saturated carbocycles. The van der Waals surface area contributed by atoms with E-state index in [1.807, 2.05) is 32.0 Å². The van der Waals surface area contributed by atoms with E-state index in [1.165, 1.54) is 41.8 Å². The number of benzene rings is 2. The molecule has 148 valence electrons. The van der Waals surface area contributed by atoms with Crippen LogP contribution in [-0.4, -0.2) is 19.3 Å². The number of thiazole rings is 1. The van der Waals surface area contributed by atoms with Gasteiger partial charge in [0.05, 0.1) is 4.90 Å². The minimum Gasteiger partial charge on any atom is -0.451 e. The Bertz CT molecular complexity index is 1290. The van der Waals surface area contributed by atoms with Crippen LogP contribution < -0.4 is 10.0 Å². The molecular weight excluding hydrogens is 410 g/mol. The van der Waals surface area contributed by atoms with E-state index in [4.69, 9.17) is 4.42 Å². The molecule has 4 aromatic rings. The number of aryl methyl sites for hydroxylation is 2. The van der Waals surface area contributed by atoms with Gasteiger partial charge in [-0.05, 0) is 49.7 Å². The molecule has 0 unspecified atom stereocenters. The van der Waals surface area contributed by atoms with Crippen molar-refractivity contribution in [1.82, 2.24) is 4.98 Å². The predicted octanol–water partition coefficient (Wildman–Crippen LogP) is 4.56. The Labute approximate surface area is 171 Å². The van der Waals surface area contributed by atoms with Gasteiger partial charge in [-0.2, -0.15) is 0 Å². The standard InChI is InChI=1S/C20H17N3O4S2/c1-12-3-8-16-13(2)18(27-17(16)11-12)19(24)22-14-4-6-15(7-5-14)29(25,26)23-20-21-9-10-28-20/h3-11H,1-2H3,(H,21,23)(H,22,24). The van der Waals surface area contributed by atoms with Crippen molar-refractivity contribution < 1.29 is 17.6 Å². The first-order valence-corrected chi connectivity index (χ1v) is 11.0. The van der Waals surface area contributed by atoms with E-state index < -0.39 is 15.9 Å². The van der Waals surface area contributed by atoms with Crippen LogP contribution in [0.5, 0.6) is 0 Å². The van der Waals surface area contributed by atoms with Gasteiger partial charge in [-0.15, -0.1) is 11.3 Å². The fourth-order valence-electron chi connectivity index (χ4n) is 2.90. The van der Waals surface area contributed by atoms with E-state index in [0.29, 0.717) is 11.3 Å². The lowest BCUT2D eigenvalue weighted by atomic mass is 10.1. The number of sulfonamides is 1. The summed E-state index contributed by atoms with van der Waals surface area (Å²) in [4.78, 5) is 16.6. The monoisotopic (exact) mass is 427 g/mol. The van der Waals surface area contributed by atoms with Crippen LogP contribution in [0.25, 0.3) is 11.0 Å². The third kappa shape index (κ3) is 3.87. The fourth-order valence-corrected chi connectivity index (χ4v) is 4.69. The Kier molecular flexibility index (Phi) is 4.85. The number of amides is 1. The van der Waals surface area contributed by atoms with Crippen molar-refractivity contribution in [1.29, 1.82) is 0 Å². The summed E-state index contributed by atoms with van der Waals surface area (Å²) in [7, 11) is -3.74. The number of carbonyl (C=O) groups is 1. The highest BCUT2D eigenvalue weighted by atomic mass is 32.2. The number of furan rings is 1. The Hall–Kier alpha value is -3.17. The zero-order valence-electron chi connectivity index (χ0n) is 15.6. The molecule has 7 nitrogen and oxygen atoms in total.